The maximum atomic E-state index is 11.9. The molecule has 21 heavy (non-hydrogen) atoms. The normalized spacial score (nSPS) is 17.0. The largest absolute Gasteiger partial charge is 0.444 e. The average Bonchev–Trinajstić information content (AvgIpc) is 2.40. The van der Waals surface area contributed by atoms with E-state index in [2.05, 4.69) is 17.8 Å². The summed E-state index contributed by atoms with van der Waals surface area (Å²) in [7, 11) is 1.45. The Labute approximate surface area is 126 Å². The van der Waals surface area contributed by atoms with Crippen molar-refractivity contribution < 1.29 is 24.5 Å². The molecular formula is C15H25NO5. The van der Waals surface area contributed by atoms with Crippen LogP contribution in [-0.2, 0) is 9.47 Å². The Morgan fingerprint density at radius 1 is 1.52 bits per heavy atom. The zero-order chi connectivity index (χ0) is 16.7. The van der Waals surface area contributed by atoms with Crippen molar-refractivity contribution in [2.45, 2.75) is 50.5 Å². The zero-order valence-corrected chi connectivity index (χ0v) is 13.0. The molecule has 0 saturated carbocycles. The standard InChI is InChI=1S/C15H25NO5/c1-7-11(20-6)9-15(8-2,12(18)10-17)16-13(19)21-14(3,4)5/h2,7,11-12,17-18H,1,9-10H2,3-6H3,(H,16,19)/t11-,12-,15+/m0/s1. The number of carbonyl (C=O) groups is 1. The lowest BCUT2D eigenvalue weighted by molar-refractivity contribution is 0.00000225. The SMILES string of the molecule is C#C[C@](C[C@H](C=C)OC)(NC(=O)OC(C)(C)C)[C@@H](O)CO. The van der Waals surface area contributed by atoms with E-state index in [-0.39, 0.29) is 6.42 Å². The maximum absolute atomic E-state index is 11.9. The molecule has 0 unspecified atom stereocenters. The van der Waals surface area contributed by atoms with Gasteiger partial charge in [-0.15, -0.1) is 13.0 Å². The van der Waals surface area contributed by atoms with Gasteiger partial charge in [-0.2, -0.15) is 0 Å². The molecule has 0 bridgehead atoms. The monoisotopic (exact) mass is 299 g/mol. The maximum Gasteiger partial charge on any atom is 0.408 e. The van der Waals surface area contributed by atoms with E-state index < -0.39 is 36.0 Å². The van der Waals surface area contributed by atoms with E-state index in [1.54, 1.807) is 20.8 Å². The van der Waals surface area contributed by atoms with Gasteiger partial charge in [-0.05, 0) is 20.8 Å². The first kappa shape index (κ1) is 19.4. The minimum absolute atomic E-state index is 0.0461. The van der Waals surface area contributed by atoms with Crippen LogP contribution < -0.4 is 5.32 Å². The molecule has 0 fully saturated rings. The first-order chi connectivity index (χ1) is 9.64. The molecule has 1 amide bonds. The Morgan fingerprint density at radius 2 is 2.10 bits per heavy atom. The van der Waals surface area contributed by atoms with Gasteiger partial charge in [-0.25, -0.2) is 4.79 Å². The van der Waals surface area contributed by atoms with Crippen LogP contribution in [0.4, 0.5) is 4.79 Å². The van der Waals surface area contributed by atoms with Crippen molar-refractivity contribution in [1.29, 1.82) is 0 Å². The molecule has 0 aliphatic heterocycles. The highest BCUT2D eigenvalue weighted by atomic mass is 16.6. The van der Waals surface area contributed by atoms with Crippen molar-refractivity contribution in [3.63, 3.8) is 0 Å². The molecule has 0 rings (SSSR count). The third-order valence-corrected chi connectivity index (χ3v) is 2.81. The van der Waals surface area contributed by atoms with Crippen LogP contribution in [0.15, 0.2) is 12.7 Å². The van der Waals surface area contributed by atoms with Crippen molar-refractivity contribution in [3.05, 3.63) is 12.7 Å². The second-order valence-electron chi connectivity index (χ2n) is 5.65. The number of methoxy groups -OCH3 is 1. The molecule has 3 N–H and O–H groups in total. The van der Waals surface area contributed by atoms with Crippen molar-refractivity contribution in [2.75, 3.05) is 13.7 Å². The summed E-state index contributed by atoms with van der Waals surface area (Å²) >= 11 is 0. The Hall–Kier alpha value is -1.55. The van der Waals surface area contributed by atoms with Gasteiger partial charge in [0.15, 0.2) is 0 Å². The highest BCUT2D eigenvalue weighted by Crippen LogP contribution is 2.21. The van der Waals surface area contributed by atoms with Gasteiger partial charge in [0, 0.05) is 13.5 Å². The fourth-order valence-electron chi connectivity index (χ4n) is 1.68. The lowest BCUT2D eigenvalue weighted by atomic mass is 9.87. The molecule has 6 heteroatoms. The number of nitrogens with one attached hydrogen (secondary N) is 1. The second-order valence-corrected chi connectivity index (χ2v) is 5.65. The minimum atomic E-state index is -1.52. The fraction of sp³-hybridized carbons (Fsp3) is 0.667. The average molecular weight is 299 g/mol. The van der Waals surface area contributed by atoms with Crippen LogP contribution in [0, 0.1) is 12.3 Å². The fourth-order valence-corrected chi connectivity index (χ4v) is 1.68. The highest BCUT2D eigenvalue weighted by molar-refractivity contribution is 5.70. The number of carbonyl (C=O) groups excluding carboxylic acids is 1. The van der Waals surface area contributed by atoms with E-state index in [1.165, 1.54) is 13.2 Å². The van der Waals surface area contributed by atoms with Gasteiger partial charge in [0.2, 0.25) is 0 Å². The van der Waals surface area contributed by atoms with Crippen LogP contribution in [0.5, 0.6) is 0 Å². The van der Waals surface area contributed by atoms with Gasteiger partial charge in [0.05, 0.1) is 12.7 Å². The number of aliphatic hydroxyl groups is 2. The first-order valence-corrected chi connectivity index (χ1v) is 6.57. The summed E-state index contributed by atoms with van der Waals surface area (Å²) in [5.74, 6) is 2.33. The molecule has 0 heterocycles. The number of rotatable bonds is 7. The Bertz CT molecular complexity index is 396. The molecule has 0 aromatic rings. The number of alkyl carbamates (subject to hydrolysis) is 1. The lowest BCUT2D eigenvalue weighted by Gasteiger charge is -2.35. The molecule has 0 radical (unpaired) electrons. The van der Waals surface area contributed by atoms with Crippen LogP contribution in [0.2, 0.25) is 0 Å². The van der Waals surface area contributed by atoms with Crippen molar-refractivity contribution >= 4 is 6.09 Å². The highest BCUT2D eigenvalue weighted by Gasteiger charge is 2.40. The van der Waals surface area contributed by atoms with Gasteiger partial charge >= 0.3 is 6.09 Å². The predicted octanol–water partition coefficient (Wildman–Crippen LogP) is 0.827. The molecule has 0 aliphatic rings. The van der Waals surface area contributed by atoms with Gasteiger partial charge in [0.1, 0.15) is 17.2 Å². The first-order valence-electron chi connectivity index (χ1n) is 6.57. The van der Waals surface area contributed by atoms with Gasteiger partial charge in [-0.1, -0.05) is 12.0 Å². The van der Waals surface area contributed by atoms with Crippen LogP contribution in [0.25, 0.3) is 0 Å². The van der Waals surface area contributed by atoms with Crippen LogP contribution in [0.1, 0.15) is 27.2 Å². The molecule has 0 spiro atoms. The second kappa shape index (κ2) is 8.03. The molecule has 0 saturated heterocycles. The van der Waals surface area contributed by atoms with Gasteiger partial charge in [0.25, 0.3) is 0 Å². The Morgan fingerprint density at radius 3 is 2.43 bits per heavy atom. The molecule has 6 nitrogen and oxygen atoms in total. The molecule has 3 atom stereocenters. The number of hydrogen-bond donors (Lipinski definition) is 3. The number of terminal acetylenes is 1. The summed E-state index contributed by atoms with van der Waals surface area (Å²) in [6, 6.07) is 0. The quantitative estimate of drug-likeness (QED) is 0.479. The number of aliphatic hydroxyl groups excluding tert-OH is 2. The third-order valence-electron chi connectivity index (χ3n) is 2.81. The molecule has 0 aliphatic carbocycles. The number of amides is 1. The van der Waals surface area contributed by atoms with Gasteiger partial charge in [-0.3, -0.25) is 0 Å². The van der Waals surface area contributed by atoms with E-state index in [0.717, 1.165) is 0 Å². The topological polar surface area (TPSA) is 88.0 Å². The zero-order valence-electron chi connectivity index (χ0n) is 13.0. The van der Waals surface area contributed by atoms with E-state index >= 15 is 0 Å². The smallest absolute Gasteiger partial charge is 0.408 e. The predicted molar refractivity (Wildman–Crippen MR) is 79.6 cm³/mol. The summed E-state index contributed by atoms with van der Waals surface area (Å²) < 4.78 is 10.3. The minimum Gasteiger partial charge on any atom is -0.444 e. The Balaban J connectivity index is 5.26. The third kappa shape index (κ3) is 6.17. The summed E-state index contributed by atoms with van der Waals surface area (Å²) in [4.78, 5) is 11.9. The lowest BCUT2D eigenvalue weighted by Crippen LogP contribution is -2.59. The Kier molecular flexibility index (Phi) is 7.44. The summed E-state index contributed by atoms with van der Waals surface area (Å²) in [5, 5.41) is 21.7. The van der Waals surface area contributed by atoms with E-state index in [4.69, 9.17) is 15.9 Å². The van der Waals surface area contributed by atoms with Crippen molar-refractivity contribution in [1.82, 2.24) is 5.32 Å². The summed E-state index contributed by atoms with van der Waals surface area (Å²) in [6.45, 7) is 8.08. The summed E-state index contributed by atoms with van der Waals surface area (Å²) in [5.41, 5.74) is -2.24. The molecule has 120 valence electrons. The molecular weight excluding hydrogens is 274 g/mol. The van der Waals surface area contributed by atoms with Crippen molar-refractivity contribution in [2.24, 2.45) is 0 Å². The van der Waals surface area contributed by atoms with E-state index in [9.17, 15) is 15.0 Å². The van der Waals surface area contributed by atoms with Crippen LogP contribution >= 0.6 is 0 Å². The summed E-state index contributed by atoms with van der Waals surface area (Å²) in [6.07, 6.45) is 4.36. The number of ether oxygens (including phenoxy) is 2. The van der Waals surface area contributed by atoms with Gasteiger partial charge < -0.3 is 25.0 Å². The van der Waals surface area contributed by atoms with Crippen LogP contribution in [0.3, 0.4) is 0 Å². The van der Waals surface area contributed by atoms with E-state index in [0.29, 0.717) is 0 Å². The van der Waals surface area contributed by atoms with Crippen LogP contribution in [-0.4, -0.2) is 53.4 Å². The number of hydrogen-bond acceptors (Lipinski definition) is 5. The van der Waals surface area contributed by atoms with E-state index in [1.807, 2.05) is 0 Å². The molecule has 0 aromatic carbocycles. The molecule has 0 aromatic heterocycles. The van der Waals surface area contributed by atoms with Crippen molar-refractivity contribution in [3.8, 4) is 12.3 Å².